The Morgan fingerprint density at radius 1 is 0.875 bits per heavy atom. The Morgan fingerprint density at radius 2 is 1.50 bits per heavy atom. The molecule has 0 fully saturated rings. The first-order chi connectivity index (χ1) is 11.8. The molecule has 2 unspecified atom stereocenters. The largest absolute Gasteiger partial charge is 0.384 e. The molecule has 0 aliphatic heterocycles. The van der Waals surface area contributed by atoms with Gasteiger partial charge in [-0.3, -0.25) is 4.98 Å². The first-order valence-corrected chi connectivity index (χ1v) is 8.49. The van der Waals surface area contributed by atoms with Gasteiger partial charge in [0.05, 0.1) is 11.6 Å². The quantitative estimate of drug-likeness (QED) is 0.701. The maximum absolute atomic E-state index is 11.8. The lowest BCUT2D eigenvalue weighted by Crippen LogP contribution is -2.34. The number of aromatic nitrogens is 1. The molecule has 1 N–H and O–H groups in total. The lowest BCUT2D eigenvalue weighted by molar-refractivity contribution is 0.00841. The van der Waals surface area contributed by atoms with Crippen LogP contribution in [-0.2, 0) is 5.60 Å². The fraction of sp³-hybridized carbons (Fsp3) is 0.227. The van der Waals surface area contributed by atoms with E-state index in [4.69, 9.17) is 0 Å². The molecule has 2 atom stereocenters. The molecule has 3 rings (SSSR count). The molecule has 1 aromatic heterocycles. The zero-order valence-corrected chi connectivity index (χ0v) is 14.0. The van der Waals surface area contributed by atoms with Gasteiger partial charge in [-0.25, -0.2) is 0 Å². The molecule has 0 radical (unpaired) electrons. The van der Waals surface area contributed by atoms with Crippen LogP contribution in [-0.4, -0.2) is 10.1 Å². The molecule has 2 nitrogen and oxygen atoms in total. The highest BCUT2D eigenvalue weighted by Crippen LogP contribution is 2.44. The van der Waals surface area contributed by atoms with Gasteiger partial charge >= 0.3 is 0 Å². The molecule has 3 aromatic rings. The number of rotatable bonds is 6. The minimum Gasteiger partial charge on any atom is -0.384 e. The van der Waals surface area contributed by atoms with Gasteiger partial charge in [-0.1, -0.05) is 80.1 Å². The smallest absolute Gasteiger partial charge is 0.102 e. The van der Waals surface area contributed by atoms with E-state index in [1.807, 2.05) is 66.7 Å². The number of nitrogens with zero attached hydrogens (tertiary/aromatic N) is 1. The normalized spacial score (nSPS) is 14.8. The van der Waals surface area contributed by atoms with Crippen LogP contribution in [0.25, 0.3) is 0 Å². The van der Waals surface area contributed by atoms with Crippen molar-refractivity contribution < 1.29 is 5.11 Å². The first-order valence-electron chi connectivity index (χ1n) is 8.49. The molecule has 2 aromatic carbocycles. The van der Waals surface area contributed by atoms with Gasteiger partial charge in [0, 0.05) is 6.20 Å². The molecule has 0 aliphatic rings. The van der Waals surface area contributed by atoms with Crippen molar-refractivity contribution in [3.05, 3.63) is 102 Å². The zero-order chi connectivity index (χ0) is 16.8. The van der Waals surface area contributed by atoms with Crippen LogP contribution >= 0.6 is 0 Å². The summed E-state index contributed by atoms with van der Waals surface area (Å²) in [6.45, 7) is 2.11. The fourth-order valence-corrected chi connectivity index (χ4v) is 3.45. The average Bonchev–Trinajstić information content (AvgIpc) is 2.65. The number of hydrogen-bond acceptors (Lipinski definition) is 2. The van der Waals surface area contributed by atoms with Crippen molar-refractivity contribution in [2.24, 2.45) is 0 Å². The molecular weight excluding hydrogens is 294 g/mol. The monoisotopic (exact) mass is 317 g/mol. The predicted molar refractivity (Wildman–Crippen MR) is 97.8 cm³/mol. The summed E-state index contributed by atoms with van der Waals surface area (Å²) >= 11 is 0. The summed E-state index contributed by atoms with van der Waals surface area (Å²) in [5.74, 6) is -0.206. The summed E-state index contributed by atoms with van der Waals surface area (Å²) in [6.07, 6.45) is 3.36. The number of aliphatic hydroxyl groups is 1. The van der Waals surface area contributed by atoms with Gasteiger partial charge in [0.25, 0.3) is 0 Å². The Bertz CT molecular complexity index is 703. The van der Waals surface area contributed by atoms with Crippen LogP contribution in [0.5, 0.6) is 0 Å². The minimum absolute atomic E-state index is 0.206. The molecular formula is C22H23NO. The topological polar surface area (TPSA) is 33.1 Å². The second kappa shape index (κ2) is 7.41. The SMILES string of the molecule is CCCC(O)(c1ccccc1)C(c1ccccc1)c1ccccn1. The summed E-state index contributed by atoms with van der Waals surface area (Å²) in [7, 11) is 0. The van der Waals surface area contributed by atoms with Gasteiger partial charge in [0.2, 0.25) is 0 Å². The molecule has 2 heteroatoms. The van der Waals surface area contributed by atoms with E-state index in [0.29, 0.717) is 6.42 Å². The van der Waals surface area contributed by atoms with E-state index in [0.717, 1.165) is 23.2 Å². The summed E-state index contributed by atoms with van der Waals surface area (Å²) < 4.78 is 0. The van der Waals surface area contributed by atoms with Crippen LogP contribution in [0.2, 0.25) is 0 Å². The van der Waals surface area contributed by atoms with Crippen LogP contribution in [0.4, 0.5) is 0 Å². The van der Waals surface area contributed by atoms with E-state index < -0.39 is 5.60 Å². The van der Waals surface area contributed by atoms with E-state index in [1.54, 1.807) is 6.20 Å². The van der Waals surface area contributed by atoms with Crippen LogP contribution < -0.4 is 0 Å². The third kappa shape index (κ3) is 3.24. The van der Waals surface area contributed by atoms with Crippen LogP contribution in [0.15, 0.2) is 85.1 Å². The molecule has 0 amide bonds. The number of pyridine rings is 1. The highest BCUT2D eigenvalue weighted by Gasteiger charge is 2.40. The zero-order valence-electron chi connectivity index (χ0n) is 14.0. The molecule has 1 heterocycles. The summed E-state index contributed by atoms with van der Waals surface area (Å²) in [5, 5.41) is 11.8. The van der Waals surface area contributed by atoms with Crippen molar-refractivity contribution in [2.45, 2.75) is 31.3 Å². The predicted octanol–water partition coefficient (Wildman–Crippen LogP) is 4.90. The number of benzene rings is 2. The summed E-state index contributed by atoms with van der Waals surface area (Å²) in [4.78, 5) is 4.57. The third-order valence-electron chi connectivity index (χ3n) is 4.50. The summed E-state index contributed by atoms with van der Waals surface area (Å²) in [6, 6.07) is 26.0. The first kappa shape index (κ1) is 16.4. The van der Waals surface area contributed by atoms with Crippen LogP contribution in [0.3, 0.4) is 0 Å². The lowest BCUT2D eigenvalue weighted by atomic mass is 9.73. The van der Waals surface area contributed by atoms with E-state index >= 15 is 0 Å². The maximum Gasteiger partial charge on any atom is 0.102 e. The second-order valence-electron chi connectivity index (χ2n) is 6.14. The van der Waals surface area contributed by atoms with Crippen molar-refractivity contribution in [3.8, 4) is 0 Å². The highest BCUT2D eigenvalue weighted by molar-refractivity contribution is 5.37. The van der Waals surface area contributed by atoms with Crippen molar-refractivity contribution >= 4 is 0 Å². The van der Waals surface area contributed by atoms with Crippen molar-refractivity contribution in [1.29, 1.82) is 0 Å². The molecule has 0 saturated heterocycles. The standard InChI is InChI=1S/C22H23NO/c1-2-16-22(24,19-13-7-4-8-14-19)21(18-11-5-3-6-12-18)20-15-9-10-17-23-20/h3-15,17,21,24H,2,16H2,1H3. The Morgan fingerprint density at radius 3 is 2.08 bits per heavy atom. The van der Waals surface area contributed by atoms with Crippen LogP contribution in [0.1, 0.15) is 42.5 Å². The van der Waals surface area contributed by atoms with Crippen molar-refractivity contribution in [2.75, 3.05) is 0 Å². The van der Waals surface area contributed by atoms with Crippen molar-refractivity contribution in [1.82, 2.24) is 4.98 Å². The van der Waals surface area contributed by atoms with Gasteiger partial charge in [-0.15, -0.1) is 0 Å². The van der Waals surface area contributed by atoms with Gasteiger partial charge in [-0.05, 0) is 29.7 Å². The van der Waals surface area contributed by atoms with Gasteiger partial charge in [0.15, 0.2) is 0 Å². The van der Waals surface area contributed by atoms with Gasteiger partial charge in [-0.2, -0.15) is 0 Å². The highest BCUT2D eigenvalue weighted by atomic mass is 16.3. The van der Waals surface area contributed by atoms with E-state index in [1.165, 1.54) is 0 Å². The van der Waals surface area contributed by atoms with E-state index in [-0.39, 0.29) is 5.92 Å². The maximum atomic E-state index is 11.8. The summed E-state index contributed by atoms with van der Waals surface area (Å²) in [5.41, 5.74) is 1.91. The minimum atomic E-state index is -0.994. The van der Waals surface area contributed by atoms with Crippen molar-refractivity contribution in [3.63, 3.8) is 0 Å². The third-order valence-corrected chi connectivity index (χ3v) is 4.50. The molecule has 0 bridgehead atoms. The average molecular weight is 317 g/mol. The van der Waals surface area contributed by atoms with E-state index in [2.05, 4.69) is 24.0 Å². The molecule has 122 valence electrons. The lowest BCUT2D eigenvalue weighted by Gasteiger charge is -2.37. The molecule has 0 saturated carbocycles. The van der Waals surface area contributed by atoms with Crippen LogP contribution in [0, 0.1) is 0 Å². The molecule has 0 aliphatic carbocycles. The van der Waals surface area contributed by atoms with E-state index in [9.17, 15) is 5.11 Å². The Labute approximate surface area is 143 Å². The molecule has 0 spiro atoms. The molecule has 24 heavy (non-hydrogen) atoms. The van der Waals surface area contributed by atoms with Gasteiger partial charge < -0.3 is 5.11 Å². The number of hydrogen-bond donors (Lipinski definition) is 1. The van der Waals surface area contributed by atoms with Gasteiger partial charge in [0.1, 0.15) is 5.60 Å². The Balaban J connectivity index is 2.19. The Kier molecular flexibility index (Phi) is 5.07. The fourth-order valence-electron chi connectivity index (χ4n) is 3.45. The second-order valence-corrected chi connectivity index (χ2v) is 6.14. The Hall–Kier alpha value is -2.45.